The third kappa shape index (κ3) is 5.31. The lowest BCUT2D eigenvalue weighted by atomic mass is 9.80. The third-order valence-electron chi connectivity index (χ3n) is 8.31. The number of nitrogens with one attached hydrogen (secondary N) is 2. The van der Waals surface area contributed by atoms with Gasteiger partial charge in [0.1, 0.15) is 17.3 Å². The summed E-state index contributed by atoms with van der Waals surface area (Å²) in [5, 5.41) is 10.00. The van der Waals surface area contributed by atoms with Crippen molar-refractivity contribution in [2.45, 2.75) is 76.4 Å². The van der Waals surface area contributed by atoms with Gasteiger partial charge in [-0.2, -0.15) is 0 Å². The summed E-state index contributed by atoms with van der Waals surface area (Å²) in [6.45, 7) is 3.50. The second-order valence-corrected chi connectivity index (χ2v) is 10.6. The molecule has 2 amide bonds. The fourth-order valence-corrected chi connectivity index (χ4v) is 5.85. The molecule has 9 heteroatoms. The van der Waals surface area contributed by atoms with E-state index < -0.39 is 17.5 Å². The number of benzene rings is 1. The van der Waals surface area contributed by atoms with Gasteiger partial charge in [0.05, 0.1) is 5.92 Å². The van der Waals surface area contributed by atoms with E-state index in [-0.39, 0.29) is 40.9 Å². The number of piperidine rings is 1. The van der Waals surface area contributed by atoms with E-state index in [4.69, 9.17) is 4.52 Å². The third-order valence-corrected chi connectivity index (χ3v) is 8.31. The minimum Gasteiger partial charge on any atom is -0.353 e. The molecule has 1 aliphatic heterocycles. The molecule has 0 spiro atoms. The fourth-order valence-electron chi connectivity index (χ4n) is 5.85. The van der Waals surface area contributed by atoms with Crippen LogP contribution in [0, 0.1) is 23.5 Å². The lowest BCUT2D eigenvalue weighted by Crippen LogP contribution is -2.58. The minimum atomic E-state index is -0.785. The Morgan fingerprint density at radius 1 is 1.08 bits per heavy atom. The van der Waals surface area contributed by atoms with E-state index in [0.29, 0.717) is 24.9 Å². The molecule has 3 atom stereocenters. The molecular formula is C27H34F2N4O3. The number of nitrogens with zero attached hydrogens (tertiary/aromatic N) is 2. The first kappa shape index (κ1) is 24.9. The summed E-state index contributed by atoms with van der Waals surface area (Å²) in [5.41, 5.74) is 0.156. The van der Waals surface area contributed by atoms with Gasteiger partial charge in [-0.3, -0.25) is 14.5 Å². The van der Waals surface area contributed by atoms with Crippen molar-refractivity contribution >= 4 is 11.8 Å². The van der Waals surface area contributed by atoms with Crippen LogP contribution < -0.4 is 10.6 Å². The van der Waals surface area contributed by atoms with Gasteiger partial charge in [0.25, 0.3) is 5.91 Å². The van der Waals surface area contributed by atoms with Crippen molar-refractivity contribution in [3.8, 4) is 11.3 Å². The second-order valence-electron chi connectivity index (χ2n) is 10.6. The van der Waals surface area contributed by atoms with Crippen LogP contribution >= 0.6 is 0 Å². The van der Waals surface area contributed by atoms with Crippen molar-refractivity contribution < 1.29 is 22.9 Å². The Labute approximate surface area is 210 Å². The molecule has 2 aromatic rings. The van der Waals surface area contributed by atoms with Crippen LogP contribution in [0.15, 0.2) is 28.8 Å². The first-order valence-electron chi connectivity index (χ1n) is 13.2. The molecule has 194 valence electrons. The van der Waals surface area contributed by atoms with E-state index in [9.17, 15) is 18.4 Å². The maximum absolute atomic E-state index is 14.1. The lowest BCUT2D eigenvalue weighted by molar-refractivity contribution is -0.129. The van der Waals surface area contributed by atoms with Gasteiger partial charge in [0, 0.05) is 48.9 Å². The molecule has 0 radical (unpaired) electrons. The standard InChI is InChI=1S/C27H34F2N4O3/c1-16(17-5-4-6-17)30-26(34)21-15-33(19-7-2-3-8-19)12-11-23(21)31-27(35)25-14-24(32-36-25)20-10-9-18(28)13-22(20)29/h9-10,13-14,16-17,19,21,23H,2-8,11-12,15H2,1H3,(H,30,34)(H,31,35)/t16-,21-,23-/m1/s1. The van der Waals surface area contributed by atoms with Gasteiger partial charge in [0.2, 0.25) is 11.7 Å². The Morgan fingerprint density at radius 3 is 2.56 bits per heavy atom. The zero-order valence-corrected chi connectivity index (χ0v) is 20.6. The van der Waals surface area contributed by atoms with E-state index in [0.717, 1.165) is 44.4 Å². The van der Waals surface area contributed by atoms with Gasteiger partial charge in [-0.05, 0) is 57.1 Å². The maximum Gasteiger partial charge on any atom is 0.290 e. The van der Waals surface area contributed by atoms with Gasteiger partial charge < -0.3 is 15.2 Å². The Morgan fingerprint density at radius 2 is 1.86 bits per heavy atom. The molecule has 5 rings (SSSR count). The maximum atomic E-state index is 14.1. The smallest absolute Gasteiger partial charge is 0.290 e. The highest BCUT2D eigenvalue weighted by Gasteiger charge is 2.39. The number of likely N-dealkylation sites (tertiary alicyclic amines) is 1. The van der Waals surface area contributed by atoms with Crippen LogP contribution in [0.3, 0.4) is 0 Å². The molecular weight excluding hydrogens is 466 g/mol. The number of amides is 2. The van der Waals surface area contributed by atoms with E-state index >= 15 is 0 Å². The highest BCUT2D eigenvalue weighted by molar-refractivity contribution is 5.93. The quantitative estimate of drug-likeness (QED) is 0.592. The molecule has 0 bridgehead atoms. The molecule has 36 heavy (non-hydrogen) atoms. The van der Waals surface area contributed by atoms with Crippen molar-refractivity contribution in [3.63, 3.8) is 0 Å². The molecule has 2 heterocycles. The molecule has 1 saturated heterocycles. The van der Waals surface area contributed by atoms with Gasteiger partial charge >= 0.3 is 0 Å². The number of rotatable bonds is 7. The number of hydrogen-bond acceptors (Lipinski definition) is 5. The Kier molecular flexibility index (Phi) is 7.37. The number of aromatic nitrogens is 1. The predicted octanol–water partition coefficient (Wildman–Crippen LogP) is 4.29. The number of halogens is 2. The normalized spacial score (nSPS) is 24.3. The Balaban J connectivity index is 1.28. The topological polar surface area (TPSA) is 87.5 Å². The molecule has 2 aliphatic carbocycles. The summed E-state index contributed by atoms with van der Waals surface area (Å²) in [6.07, 6.45) is 8.91. The summed E-state index contributed by atoms with van der Waals surface area (Å²) in [6, 6.07) is 4.75. The average molecular weight is 501 g/mol. The minimum absolute atomic E-state index is 0.0194. The summed E-state index contributed by atoms with van der Waals surface area (Å²) < 4.78 is 32.6. The zero-order valence-electron chi connectivity index (χ0n) is 20.6. The predicted molar refractivity (Wildman–Crippen MR) is 130 cm³/mol. The van der Waals surface area contributed by atoms with E-state index in [1.165, 1.54) is 31.4 Å². The fraction of sp³-hybridized carbons (Fsp3) is 0.593. The Bertz CT molecular complexity index is 1100. The molecule has 0 unspecified atom stereocenters. The van der Waals surface area contributed by atoms with E-state index in [2.05, 4.69) is 27.6 Å². The average Bonchev–Trinajstić information content (AvgIpc) is 3.51. The zero-order chi connectivity index (χ0) is 25.2. The highest BCUT2D eigenvalue weighted by atomic mass is 19.1. The van der Waals surface area contributed by atoms with Crippen molar-refractivity contribution in [2.24, 2.45) is 11.8 Å². The summed E-state index contributed by atoms with van der Waals surface area (Å²) in [4.78, 5) is 28.9. The highest BCUT2D eigenvalue weighted by Crippen LogP contribution is 2.31. The SMILES string of the molecule is C[C@@H](NC(=O)[C@@H]1CN(C2CCCC2)CC[C@H]1NC(=O)c1cc(-c2ccc(F)cc2F)no1)C1CCC1. The molecule has 2 N–H and O–H groups in total. The molecule has 1 aromatic heterocycles. The molecule has 1 aromatic carbocycles. The first-order valence-corrected chi connectivity index (χ1v) is 13.2. The van der Waals surface area contributed by atoms with E-state index in [1.54, 1.807) is 0 Å². The van der Waals surface area contributed by atoms with Crippen LogP contribution in [0.5, 0.6) is 0 Å². The second kappa shape index (κ2) is 10.7. The number of hydrogen-bond donors (Lipinski definition) is 2. The van der Waals surface area contributed by atoms with Crippen LogP contribution in [0.25, 0.3) is 11.3 Å². The lowest BCUT2D eigenvalue weighted by Gasteiger charge is -2.41. The van der Waals surface area contributed by atoms with Crippen molar-refractivity contribution in [3.05, 3.63) is 41.7 Å². The largest absolute Gasteiger partial charge is 0.353 e. The summed E-state index contributed by atoms with van der Waals surface area (Å²) in [5.74, 6) is -1.92. The summed E-state index contributed by atoms with van der Waals surface area (Å²) >= 11 is 0. The van der Waals surface area contributed by atoms with Gasteiger partial charge in [0.15, 0.2) is 0 Å². The van der Waals surface area contributed by atoms with Crippen LogP contribution in [-0.4, -0.2) is 53.1 Å². The molecule has 3 fully saturated rings. The first-order chi connectivity index (χ1) is 17.4. The molecule has 3 aliphatic rings. The van der Waals surface area contributed by atoms with Crippen molar-refractivity contribution in [1.82, 2.24) is 20.7 Å². The van der Waals surface area contributed by atoms with Crippen molar-refractivity contribution in [1.29, 1.82) is 0 Å². The molecule has 2 saturated carbocycles. The Hall–Kier alpha value is -2.81. The van der Waals surface area contributed by atoms with E-state index in [1.807, 2.05) is 0 Å². The van der Waals surface area contributed by atoms with Crippen LogP contribution in [-0.2, 0) is 4.79 Å². The van der Waals surface area contributed by atoms with Crippen molar-refractivity contribution in [2.75, 3.05) is 13.1 Å². The summed E-state index contributed by atoms with van der Waals surface area (Å²) in [7, 11) is 0. The van der Waals surface area contributed by atoms with Crippen LogP contribution in [0.1, 0.15) is 68.8 Å². The number of carbonyl (C=O) groups excluding carboxylic acids is 2. The monoisotopic (exact) mass is 500 g/mol. The van der Waals surface area contributed by atoms with Gasteiger partial charge in [-0.25, -0.2) is 8.78 Å². The van der Waals surface area contributed by atoms with Gasteiger partial charge in [-0.15, -0.1) is 0 Å². The van der Waals surface area contributed by atoms with Crippen LogP contribution in [0.4, 0.5) is 8.78 Å². The van der Waals surface area contributed by atoms with Gasteiger partial charge in [-0.1, -0.05) is 24.4 Å². The number of carbonyl (C=O) groups is 2. The van der Waals surface area contributed by atoms with Crippen LogP contribution in [0.2, 0.25) is 0 Å². The molecule has 7 nitrogen and oxygen atoms in total.